The first-order valence-corrected chi connectivity index (χ1v) is 10.3. The molecule has 31 heavy (non-hydrogen) atoms. The molecule has 0 saturated heterocycles. The van der Waals surface area contributed by atoms with E-state index in [4.69, 9.17) is 14.2 Å². The Hall–Kier alpha value is -3.13. The lowest BCUT2D eigenvalue weighted by Crippen LogP contribution is -2.41. The lowest BCUT2D eigenvalue weighted by molar-refractivity contribution is 0.0564. The Kier molecular flexibility index (Phi) is 6.50. The summed E-state index contributed by atoms with van der Waals surface area (Å²) in [4.78, 5) is 32.0. The van der Waals surface area contributed by atoms with Gasteiger partial charge in [-0.2, -0.15) is 0 Å². The maximum absolute atomic E-state index is 13.7. The average Bonchev–Trinajstić information content (AvgIpc) is 2.72. The summed E-state index contributed by atoms with van der Waals surface area (Å²) in [6.07, 6.45) is 2.49. The maximum Gasteiger partial charge on any atom is 0.422 e. The minimum absolute atomic E-state index is 0.217. The van der Waals surface area contributed by atoms with Crippen molar-refractivity contribution in [1.29, 1.82) is 0 Å². The summed E-state index contributed by atoms with van der Waals surface area (Å²) in [6, 6.07) is 10.2. The average molecular weight is 487 g/mol. The van der Waals surface area contributed by atoms with E-state index in [0.29, 0.717) is 27.0 Å². The van der Waals surface area contributed by atoms with Crippen molar-refractivity contribution in [2.24, 2.45) is 0 Å². The van der Waals surface area contributed by atoms with E-state index >= 15 is 0 Å². The van der Waals surface area contributed by atoms with Crippen LogP contribution in [0.15, 0.2) is 53.3 Å². The fourth-order valence-electron chi connectivity index (χ4n) is 3.04. The van der Waals surface area contributed by atoms with Gasteiger partial charge in [-0.25, -0.2) is 9.69 Å². The number of ether oxygens (including phenoxy) is 3. The van der Waals surface area contributed by atoms with Gasteiger partial charge in [-0.3, -0.25) is 9.78 Å². The Morgan fingerprint density at radius 1 is 1.03 bits per heavy atom. The number of anilines is 1. The largest absolute Gasteiger partial charge is 0.493 e. The highest BCUT2D eigenvalue weighted by Gasteiger charge is 2.32. The number of rotatable bonds is 4. The first-order valence-electron chi connectivity index (χ1n) is 9.48. The maximum atomic E-state index is 13.7. The van der Waals surface area contributed by atoms with Crippen LogP contribution in [0, 0.1) is 0 Å². The number of hydrogen-bond acceptors (Lipinski definition) is 6. The van der Waals surface area contributed by atoms with Crippen LogP contribution in [0.5, 0.6) is 11.5 Å². The number of imide groups is 1. The van der Waals surface area contributed by atoms with E-state index in [9.17, 15) is 9.59 Å². The summed E-state index contributed by atoms with van der Waals surface area (Å²) < 4.78 is 16.6. The molecule has 0 unspecified atom stereocenters. The summed E-state index contributed by atoms with van der Waals surface area (Å²) >= 11 is 3.41. The molecule has 7 nitrogen and oxygen atoms in total. The zero-order chi connectivity index (χ0) is 22.8. The molecule has 0 aliphatic rings. The van der Waals surface area contributed by atoms with Gasteiger partial charge in [-0.05, 0) is 61.0 Å². The molecular formula is C23H23BrN2O5. The molecule has 0 N–H and O–H groups in total. The molecule has 2 amide bonds. The van der Waals surface area contributed by atoms with Crippen molar-refractivity contribution in [3.05, 3.63) is 58.8 Å². The quantitative estimate of drug-likeness (QED) is 0.477. The Balaban J connectivity index is 2.20. The van der Waals surface area contributed by atoms with Crippen molar-refractivity contribution in [2.45, 2.75) is 26.4 Å². The van der Waals surface area contributed by atoms with Gasteiger partial charge < -0.3 is 14.2 Å². The summed E-state index contributed by atoms with van der Waals surface area (Å²) in [5.41, 5.74) is -0.188. The van der Waals surface area contributed by atoms with E-state index in [2.05, 4.69) is 20.9 Å². The van der Waals surface area contributed by atoms with E-state index < -0.39 is 17.6 Å². The topological polar surface area (TPSA) is 78.0 Å². The highest BCUT2D eigenvalue weighted by Crippen LogP contribution is 2.36. The number of halogens is 1. The van der Waals surface area contributed by atoms with Gasteiger partial charge in [0.05, 0.1) is 25.5 Å². The summed E-state index contributed by atoms with van der Waals surface area (Å²) in [5, 5.41) is 1.47. The molecule has 3 aromatic rings. The molecule has 1 aromatic heterocycles. The summed E-state index contributed by atoms with van der Waals surface area (Å²) in [6.45, 7) is 5.23. The fourth-order valence-corrected chi connectivity index (χ4v) is 3.53. The van der Waals surface area contributed by atoms with Crippen LogP contribution in [0.3, 0.4) is 0 Å². The van der Waals surface area contributed by atoms with Gasteiger partial charge in [0.1, 0.15) is 5.60 Å². The van der Waals surface area contributed by atoms with E-state index in [1.807, 2.05) is 6.07 Å². The molecular weight excluding hydrogens is 464 g/mol. The molecule has 0 bridgehead atoms. The number of benzene rings is 2. The fraction of sp³-hybridized carbons (Fsp3) is 0.261. The van der Waals surface area contributed by atoms with Crippen molar-refractivity contribution in [2.75, 3.05) is 19.1 Å². The van der Waals surface area contributed by atoms with Crippen molar-refractivity contribution in [3.8, 4) is 11.5 Å². The van der Waals surface area contributed by atoms with Gasteiger partial charge >= 0.3 is 6.09 Å². The minimum Gasteiger partial charge on any atom is -0.493 e. The number of aromatic nitrogens is 1. The molecule has 0 aliphatic carbocycles. The number of pyridine rings is 1. The minimum atomic E-state index is -0.795. The molecule has 0 fully saturated rings. The van der Waals surface area contributed by atoms with Crippen LogP contribution in [0.2, 0.25) is 0 Å². The van der Waals surface area contributed by atoms with Crippen molar-refractivity contribution in [3.63, 3.8) is 0 Å². The number of amides is 2. The van der Waals surface area contributed by atoms with E-state index in [1.54, 1.807) is 57.4 Å². The van der Waals surface area contributed by atoms with Crippen LogP contribution in [-0.4, -0.2) is 36.8 Å². The number of nitrogens with zero attached hydrogens (tertiary/aromatic N) is 2. The van der Waals surface area contributed by atoms with Crippen LogP contribution < -0.4 is 14.4 Å². The van der Waals surface area contributed by atoms with E-state index in [0.717, 1.165) is 10.3 Å². The summed E-state index contributed by atoms with van der Waals surface area (Å²) in [7, 11) is 2.98. The van der Waals surface area contributed by atoms with E-state index in [-0.39, 0.29) is 5.56 Å². The van der Waals surface area contributed by atoms with Crippen LogP contribution in [-0.2, 0) is 4.74 Å². The predicted octanol–water partition coefficient (Wildman–Crippen LogP) is 5.60. The molecule has 0 radical (unpaired) electrons. The molecule has 0 saturated carbocycles. The lowest BCUT2D eigenvalue weighted by atomic mass is 10.1. The zero-order valence-corrected chi connectivity index (χ0v) is 19.5. The molecule has 162 valence electrons. The third-order valence-electron chi connectivity index (χ3n) is 4.38. The molecule has 2 aromatic carbocycles. The highest BCUT2D eigenvalue weighted by molar-refractivity contribution is 9.10. The second-order valence-corrected chi connectivity index (χ2v) is 8.54. The van der Waals surface area contributed by atoms with Gasteiger partial charge in [-0.1, -0.05) is 12.1 Å². The molecule has 0 spiro atoms. The zero-order valence-electron chi connectivity index (χ0n) is 17.9. The number of carbonyl (C=O) groups is 2. The van der Waals surface area contributed by atoms with Gasteiger partial charge in [0, 0.05) is 27.6 Å². The number of methoxy groups -OCH3 is 2. The smallest absolute Gasteiger partial charge is 0.422 e. The predicted molar refractivity (Wildman–Crippen MR) is 122 cm³/mol. The van der Waals surface area contributed by atoms with Gasteiger partial charge in [0.25, 0.3) is 5.91 Å². The molecule has 0 aliphatic heterocycles. The monoisotopic (exact) mass is 486 g/mol. The lowest BCUT2D eigenvalue weighted by Gasteiger charge is -2.27. The van der Waals surface area contributed by atoms with Crippen molar-refractivity contribution in [1.82, 2.24) is 4.98 Å². The van der Waals surface area contributed by atoms with Crippen LogP contribution in [0.25, 0.3) is 10.8 Å². The van der Waals surface area contributed by atoms with Crippen LogP contribution in [0.4, 0.5) is 10.5 Å². The standard InChI is InChI=1S/C23H23BrN2O5/c1-23(2,3)31-22(28)26(18-8-6-7-14-13-25-10-9-15(14)18)21(27)16-11-19(29-4)20(30-5)12-17(16)24/h6-13H,1-5H3. The first kappa shape index (κ1) is 22.6. The molecule has 8 heteroatoms. The second-order valence-electron chi connectivity index (χ2n) is 7.68. The third-order valence-corrected chi connectivity index (χ3v) is 5.04. The van der Waals surface area contributed by atoms with Gasteiger partial charge in [-0.15, -0.1) is 0 Å². The Morgan fingerprint density at radius 3 is 2.35 bits per heavy atom. The molecule has 0 atom stereocenters. The van der Waals surface area contributed by atoms with Crippen LogP contribution in [0.1, 0.15) is 31.1 Å². The SMILES string of the molecule is COc1cc(Br)c(C(=O)N(C(=O)OC(C)(C)C)c2cccc3cnccc23)cc1OC. The Bertz CT molecular complexity index is 1140. The highest BCUT2D eigenvalue weighted by atomic mass is 79.9. The first-order chi connectivity index (χ1) is 14.7. The Labute approximate surface area is 189 Å². The molecule has 1 heterocycles. The summed E-state index contributed by atoms with van der Waals surface area (Å²) in [5.74, 6) is 0.234. The normalized spacial score (nSPS) is 11.2. The number of carbonyl (C=O) groups excluding carboxylic acids is 2. The van der Waals surface area contributed by atoms with Gasteiger partial charge in [0.15, 0.2) is 11.5 Å². The molecule has 3 rings (SSSR count). The Morgan fingerprint density at radius 2 is 1.71 bits per heavy atom. The third kappa shape index (κ3) is 4.80. The van der Waals surface area contributed by atoms with Crippen molar-refractivity contribution < 1.29 is 23.8 Å². The number of hydrogen-bond donors (Lipinski definition) is 0. The van der Waals surface area contributed by atoms with Crippen LogP contribution >= 0.6 is 15.9 Å². The number of fused-ring (bicyclic) bond motifs is 1. The van der Waals surface area contributed by atoms with E-state index in [1.165, 1.54) is 20.3 Å². The van der Waals surface area contributed by atoms with Crippen molar-refractivity contribution >= 4 is 44.4 Å². The second kappa shape index (κ2) is 8.93. The van der Waals surface area contributed by atoms with Gasteiger partial charge in [0.2, 0.25) is 0 Å².